The number of hydrogen-bond acceptors (Lipinski definition) is 6. The van der Waals surface area contributed by atoms with Crippen molar-refractivity contribution in [3.8, 4) is 40.1 Å². The molecule has 2 aromatic heterocycles. The van der Waals surface area contributed by atoms with Crippen molar-refractivity contribution in [3.63, 3.8) is 0 Å². The molecule has 0 radical (unpaired) electrons. The highest BCUT2D eigenvalue weighted by Gasteiger charge is 2.23. The van der Waals surface area contributed by atoms with E-state index in [4.69, 9.17) is 18.6 Å². The molecule has 0 saturated heterocycles. The average Bonchev–Trinajstić information content (AvgIpc) is 3.05. The zero-order valence-corrected chi connectivity index (χ0v) is 20.9. The van der Waals surface area contributed by atoms with Crippen LogP contribution in [-0.2, 0) is 0 Å². The molecule has 0 atom stereocenters. The van der Waals surface area contributed by atoms with Gasteiger partial charge < -0.3 is 18.6 Å². The SMILES string of the molecule is COc1c(Br)cc(-c2cnc(OC(C)(C)C)nc2OC(C)(C)C)cc1-c1ccc(C)o1. The van der Waals surface area contributed by atoms with Gasteiger partial charge in [-0.25, -0.2) is 4.98 Å². The van der Waals surface area contributed by atoms with Crippen LogP contribution < -0.4 is 14.2 Å². The van der Waals surface area contributed by atoms with Gasteiger partial charge in [-0.15, -0.1) is 0 Å². The molecule has 7 heteroatoms. The van der Waals surface area contributed by atoms with Gasteiger partial charge in [-0.2, -0.15) is 4.98 Å². The van der Waals surface area contributed by atoms with E-state index in [0.717, 1.165) is 26.9 Å². The Bertz CT molecular complexity index is 1080. The Morgan fingerprint density at radius 1 is 0.935 bits per heavy atom. The highest BCUT2D eigenvalue weighted by Crippen LogP contribution is 2.43. The Morgan fingerprint density at radius 2 is 1.61 bits per heavy atom. The number of ether oxygens (including phenoxy) is 3. The van der Waals surface area contributed by atoms with Crippen LogP contribution in [-0.4, -0.2) is 28.3 Å². The first-order valence-electron chi connectivity index (χ1n) is 10.1. The van der Waals surface area contributed by atoms with Gasteiger partial charge in [-0.3, -0.25) is 0 Å². The van der Waals surface area contributed by atoms with Crippen molar-refractivity contribution in [2.75, 3.05) is 7.11 Å². The van der Waals surface area contributed by atoms with Crippen LogP contribution in [0.5, 0.6) is 17.6 Å². The maximum atomic E-state index is 6.19. The molecule has 6 nitrogen and oxygen atoms in total. The van der Waals surface area contributed by atoms with Crippen LogP contribution in [0.2, 0.25) is 0 Å². The van der Waals surface area contributed by atoms with Gasteiger partial charge >= 0.3 is 6.01 Å². The Hall–Kier alpha value is -2.54. The number of aromatic nitrogens is 2. The molecule has 0 aliphatic rings. The molecule has 1 aromatic carbocycles. The average molecular weight is 489 g/mol. The van der Waals surface area contributed by atoms with Crippen LogP contribution in [0, 0.1) is 6.92 Å². The van der Waals surface area contributed by atoms with Gasteiger partial charge in [0.05, 0.1) is 22.7 Å². The van der Waals surface area contributed by atoms with Crippen LogP contribution in [0.3, 0.4) is 0 Å². The summed E-state index contributed by atoms with van der Waals surface area (Å²) in [5, 5.41) is 0. The topological polar surface area (TPSA) is 66.6 Å². The Kier molecular flexibility index (Phi) is 6.37. The van der Waals surface area contributed by atoms with Gasteiger partial charge in [-0.05, 0) is 94.2 Å². The largest absolute Gasteiger partial charge is 0.495 e. The van der Waals surface area contributed by atoms with Gasteiger partial charge in [-0.1, -0.05) is 0 Å². The van der Waals surface area contributed by atoms with Gasteiger partial charge in [0.25, 0.3) is 0 Å². The third-order valence-corrected chi connectivity index (χ3v) is 4.69. The number of halogens is 1. The lowest BCUT2D eigenvalue weighted by atomic mass is 10.0. The standard InChI is InChI=1S/C24H29BrN2O4/c1-14-9-10-19(29-14)16-11-15(12-18(25)20(16)28-8)17-13-26-22(31-24(5,6)7)27-21(17)30-23(2,3)4/h9-13H,1-8H3. The summed E-state index contributed by atoms with van der Waals surface area (Å²) >= 11 is 3.63. The third-order valence-electron chi connectivity index (χ3n) is 4.10. The lowest BCUT2D eigenvalue weighted by molar-refractivity contribution is 0.103. The molecule has 0 unspecified atom stereocenters. The summed E-state index contributed by atoms with van der Waals surface area (Å²) in [7, 11) is 1.63. The first kappa shape index (κ1) is 23.1. The number of methoxy groups -OCH3 is 1. The second kappa shape index (κ2) is 8.54. The molecular formula is C24H29BrN2O4. The third kappa shape index (κ3) is 5.79. The smallest absolute Gasteiger partial charge is 0.320 e. The summed E-state index contributed by atoms with van der Waals surface area (Å²) in [5.74, 6) is 2.66. The van der Waals surface area contributed by atoms with Crippen LogP contribution in [0.1, 0.15) is 47.3 Å². The van der Waals surface area contributed by atoms with E-state index in [1.165, 1.54) is 0 Å². The van der Waals surface area contributed by atoms with Crippen LogP contribution in [0.15, 0.2) is 39.4 Å². The molecule has 2 heterocycles. The number of aryl methyl sites for hydroxylation is 1. The van der Waals surface area contributed by atoms with Crippen LogP contribution >= 0.6 is 15.9 Å². The van der Waals surface area contributed by atoms with Crippen LogP contribution in [0.4, 0.5) is 0 Å². The zero-order valence-electron chi connectivity index (χ0n) is 19.3. The van der Waals surface area contributed by atoms with Gasteiger partial charge in [0, 0.05) is 6.20 Å². The summed E-state index contributed by atoms with van der Waals surface area (Å²) in [6.07, 6.45) is 1.72. The summed E-state index contributed by atoms with van der Waals surface area (Å²) in [4.78, 5) is 9.00. The zero-order chi connectivity index (χ0) is 23.0. The quantitative estimate of drug-likeness (QED) is 0.391. The maximum absolute atomic E-state index is 6.19. The van der Waals surface area contributed by atoms with E-state index in [-0.39, 0.29) is 6.01 Å². The fourth-order valence-electron chi connectivity index (χ4n) is 2.96. The predicted octanol–water partition coefficient (Wildman–Crippen LogP) is 6.84. The van der Waals surface area contributed by atoms with Crippen molar-refractivity contribution < 1.29 is 18.6 Å². The van der Waals surface area contributed by atoms with E-state index in [2.05, 4.69) is 25.9 Å². The Morgan fingerprint density at radius 3 is 2.16 bits per heavy atom. The lowest BCUT2D eigenvalue weighted by Gasteiger charge is -2.24. The monoisotopic (exact) mass is 488 g/mol. The summed E-state index contributed by atoms with van der Waals surface area (Å²) in [5.41, 5.74) is 1.54. The fourth-order valence-corrected chi connectivity index (χ4v) is 3.58. The number of furan rings is 1. The molecule has 0 fully saturated rings. The molecule has 0 aliphatic carbocycles. The highest BCUT2D eigenvalue weighted by molar-refractivity contribution is 9.10. The molecule has 0 N–H and O–H groups in total. The minimum absolute atomic E-state index is 0.268. The van der Waals surface area contributed by atoms with Gasteiger partial charge in [0.2, 0.25) is 5.88 Å². The summed E-state index contributed by atoms with van der Waals surface area (Å²) in [6, 6.07) is 8.06. The second-order valence-electron chi connectivity index (χ2n) is 9.25. The van der Waals surface area contributed by atoms with Crippen molar-refractivity contribution >= 4 is 15.9 Å². The van der Waals surface area contributed by atoms with E-state index in [9.17, 15) is 0 Å². The minimum Gasteiger partial charge on any atom is -0.495 e. The molecule has 0 aliphatic heterocycles. The van der Waals surface area contributed by atoms with Crippen molar-refractivity contribution in [2.45, 2.75) is 59.7 Å². The highest BCUT2D eigenvalue weighted by atomic mass is 79.9. The lowest BCUT2D eigenvalue weighted by Crippen LogP contribution is -2.26. The molecule has 166 valence electrons. The number of nitrogens with zero attached hydrogens (tertiary/aromatic N) is 2. The van der Waals surface area contributed by atoms with Crippen molar-refractivity contribution in [1.82, 2.24) is 9.97 Å². The number of rotatable bonds is 5. The van der Waals surface area contributed by atoms with Crippen molar-refractivity contribution in [2.24, 2.45) is 0 Å². The van der Waals surface area contributed by atoms with E-state index in [0.29, 0.717) is 17.4 Å². The van der Waals surface area contributed by atoms with E-state index >= 15 is 0 Å². The van der Waals surface area contributed by atoms with Crippen molar-refractivity contribution in [3.05, 3.63) is 40.7 Å². The Balaban J connectivity index is 2.17. The molecule has 0 spiro atoms. The van der Waals surface area contributed by atoms with Crippen molar-refractivity contribution in [1.29, 1.82) is 0 Å². The molecule has 31 heavy (non-hydrogen) atoms. The second-order valence-corrected chi connectivity index (χ2v) is 10.1. The molecule has 0 amide bonds. The van der Waals surface area contributed by atoms with Crippen LogP contribution in [0.25, 0.3) is 22.5 Å². The first-order chi connectivity index (χ1) is 14.4. The minimum atomic E-state index is -0.452. The van der Waals surface area contributed by atoms with Gasteiger partial charge in [0.15, 0.2) is 0 Å². The summed E-state index contributed by atoms with van der Waals surface area (Å²) in [6.45, 7) is 13.7. The first-order valence-corrected chi connectivity index (χ1v) is 10.9. The molecule has 0 saturated carbocycles. The molecule has 0 bridgehead atoms. The predicted molar refractivity (Wildman–Crippen MR) is 125 cm³/mol. The summed E-state index contributed by atoms with van der Waals surface area (Å²) < 4.78 is 24.3. The van der Waals surface area contributed by atoms with E-state index in [1.54, 1.807) is 13.3 Å². The number of hydrogen-bond donors (Lipinski definition) is 0. The van der Waals surface area contributed by atoms with Gasteiger partial charge in [0.1, 0.15) is 28.5 Å². The molecular weight excluding hydrogens is 460 g/mol. The van der Waals surface area contributed by atoms with E-state index in [1.807, 2.05) is 72.7 Å². The Labute approximate surface area is 192 Å². The normalized spacial score (nSPS) is 12.0. The fraction of sp³-hybridized carbons (Fsp3) is 0.417. The number of benzene rings is 1. The molecule has 3 rings (SSSR count). The molecule has 3 aromatic rings. The maximum Gasteiger partial charge on any atom is 0.320 e. The van der Waals surface area contributed by atoms with E-state index < -0.39 is 11.2 Å².